The third-order valence-corrected chi connectivity index (χ3v) is 3.82. The molecule has 3 nitrogen and oxygen atoms in total. The summed E-state index contributed by atoms with van der Waals surface area (Å²) in [5, 5.41) is 0. The molecule has 0 bridgehead atoms. The van der Waals surface area contributed by atoms with E-state index in [0.717, 1.165) is 6.42 Å². The fraction of sp³-hybridized carbons (Fsp3) is 0.625. The first-order valence-electron chi connectivity index (χ1n) is 7.23. The monoisotopic (exact) mass is 262 g/mol. The molecular weight excluding hydrogens is 236 g/mol. The van der Waals surface area contributed by atoms with Crippen LogP contribution in [0.25, 0.3) is 0 Å². The maximum absolute atomic E-state index is 5.77. The van der Waals surface area contributed by atoms with Gasteiger partial charge in [-0.25, -0.2) is 0 Å². The number of hydrogen-bond donors (Lipinski definition) is 2. The molecule has 0 heterocycles. The molecular formula is C16H26N2O. The highest BCUT2D eigenvalue weighted by atomic mass is 16.5. The molecule has 1 fully saturated rings. The van der Waals surface area contributed by atoms with Crippen LogP contribution >= 0.6 is 0 Å². The van der Waals surface area contributed by atoms with Crippen molar-refractivity contribution in [3.8, 4) is 0 Å². The summed E-state index contributed by atoms with van der Waals surface area (Å²) in [4.78, 5) is 0. The Balaban J connectivity index is 2.17. The second-order valence-electron chi connectivity index (χ2n) is 6.03. The maximum atomic E-state index is 5.77. The lowest BCUT2D eigenvalue weighted by Gasteiger charge is -2.26. The molecule has 2 unspecified atom stereocenters. The maximum Gasteiger partial charge on any atom is 0.0806 e. The molecule has 0 aliphatic heterocycles. The van der Waals surface area contributed by atoms with Crippen molar-refractivity contribution in [2.45, 2.75) is 45.3 Å². The summed E-state index contributed by atoms with van der Waals surface area (Å²) >= 11 is 0. The van der Waals surface area contributed by atoms with Crippen molar-refractivity contribution in [3.05, 3.63) is 35.4 Å². The van der Waals surface area contributed by atoms with E-state index in [1.54, 1.807) is 7.11 Å². The molecule has 2 atom stereocenters. The van der Waals surface area contributed by atoms with E-state index in [-0.39, 0.29) is 12.1 Å². The summed E-state index contributed by atoms with van der Waals surface area (Å²) in [5.41, 5.74) is 5.56. The van der Waals surface area contributed by atoms with Gasteiger partial charge in [0.25, 0.3) is 0 Å². The van der Waals surface area contributed by atoms with Gasteiger partial charge in [0.2, 0.25) is 0 Å². The van der Waals surface area contributed by atoms with Crippen molar-refractivity contribution in [3.63, 3.8) is 0 Å². The Hall–Kier alpha value is -0.900. The third-order valence-electron chi connectivity index (χ3n) is 3.82. The molecule has 1 aromatic carbocycles. The fourth-order valence-corrected chi connectivity index (χ4v) is 2.79. The molecule has 0 saturated heterocycles. The van der Waals surface area contributed by atoms with Crippen molar-refractivity contribution in [2.75, 3.05) is 7.11 Å². The fourth-order valence-electron chi connectivity index (χ4n) is 2.79. The van der Waals surface area contributed by atoms with Gasteiger partial charge in [-0.3, -0.25) is 11.3 Å². The van der Waals surface area contributed by atoms with Gasteiger partial charge in [-0.05, 0) is 42.2 Å². The van der Waals surface area contributed by atoms with E-state index in [1.165, 1.54) is 24.0 Å². The Labute approximate surface area is 116 Å². The number of methoxy groups -OCH3 is 1. The predicted octanol–water partition coefficient (Wildman–Crippen LogP) is 2.81. The number of hydrazine groups is 1. The zero-order chi connectivity index (χ0) is 13.8. The van der Waals surface area contributed by atoms with Crippen LogP contribution in [0.4, 0.5) is 0 Å². The smallest absolute Gasteiger partial charge is 0.0806 e. The molecule has 3 N–H and O–H groups in total. The molecule has 19 heavy (non-hydrogen) atoms. The normalized spacial score (nSPS) is 18.6. The van der Waals surface area contributed by atoms with E-state index in [2.05, 4.69) is 43.5 Å². The van der Waals surface area contributed by atoms with Crippen LogP contribution in [0.2, 0.25) is 0 Å². The van der Waals surface area contributed by atoms with E-state index < -0.39 is 0 Å². The van der Waals surface area contributed by atoms with Crippen LogP contribution in [0, 0.1) is 11.8 Å². The van der Waals surface area contributed by atoms with Crippen LogP contribution in [-0.4, -0.2) is 13.2 Å². The zero-order valence-corrected chi connectivity index (χ0v) is 12.2. The molecule has 1 aliphatic rings. The number of hydrogen-bond acceptors (Lipinski definition) is 3. The minimum absolute atomic E-state index is 0.0876. The molecule has 2 rings (SSSR count). The Kier molecular flexibility index (Phi) is 4.97. The lowest BCUT2D eigenvalue weighted by molar-refractivity contribution is 0.0506. The first kappa shape index (κ1) is 14.5. The Morgan fingerprint density at radius 2 is 2.11 bits per heavy atom. The lowest BCUT2D eigenvalue weighted by atomic mass is 9.94. The molecule has 1 aliphatic carbocycles. The second-order valence-corrected chi connectivity index (χ2v) is 6.03. The van der Waals surface area contributed by atoms with Crippen LogP contribution < -0.4 is 11.3 Å². The van der Waals surface area contributed by atoms with Crippen LogP contribution in [0.5, 0.6) is 0 Å². The highest BCUT2D eigenvalue weighted by molar-refractivity contribution is 5.27. The van der Waals surface area contributed by atoms with E-state index in [0.29, 0.717) is 11.8 Å². The van der Waals surface area contributed by atoms with E-state index in [4.69, 9.17) is 10.6 Å². The van der Waals surface area contributed by atoms with Crippen LogP contribution in [-0.2, 0) is 11.2 Å². The predicted molar refractivity (Wildman–Crippen MR) is 78.6 cm³/mol. The van der Waals surface area contributed by atoms with Gasteiger partial charge in [0, 0.05) is 7.11 Å². The number of nitrogens with two attached hydrogens (primary N) is 1. The van der Waals surface area contributed by atoms with Gasteiger partial charge in [-0.2, -0.15) is 0 Å². The van der Waals surface area contributed by atoms with Crippen molar-refractivity contribution < 1.29 is 4.74 Å². The van der Waals surface area contributed by atoms with E-state index >= 15 is 0 Å². The van der Waals surface area contributed by atoms with Gasteiger partial charge >= 0.3 is 0 Å². The van der Waals surface area contributed by atoms with Crippen LogP contribution in [0.15, 0.2) is 24.3 Å². The van der Waals surface area contributed by atoms with Gasteiger partial charge < -0.3 is 4.74 Å². The quantitative estimate of drug-likeness (QED) is 0.587. The van der Waals surface area contributed by atoms with Crippen LogP contribution in [0.3, 0.4) is 0 Å². The van der Waals surface area contributed by atoms with E-state index in [9.17, 15) is 0 Å². The highest BCUT2D eigenvalue weighted by Crippen LogP contribution is 2.39. The van der Waals surface area contributed by atoms with Crippen molar-refractivity contribution in [2.24, 2.45) is 17.7 Å². The van der Waals surface area contributed by atoms with Crippen LogP contribution in [0.1, 0.15) is 43.9 Å². The number of benzene rings is 1. The topological polar surface area (TPSA) is 47.3 Å². The molecule has 0 aromatic heterocycles. The molecule has 0 amide bonds. The van der Waals surface area contributed by atoms with Crippen molar-refractivity contribution >= 4 is 0 Å². The summed E-state index contributed by atoms with van der Waals surface area (Å²) in [7, 11) is 1.78. The average molecular weight is 262 g/mol. The van der Waals surface area contributed by atoms with Crippen molar-refractivity contribution in [1.82, 2.24) is 5.43 Å². The second kappa shape index (κ2) is 6.51. The highest BCUT2D eigenvalue weighted by Gasteiger charge is 2.37. The minimum Gasteiger partial charge on any atom is -0.379 e. The van der Waals surface area contributed by atoms with Gasteiger partial charge in [-0.1, -0.05) is 38.1 Å². The summed E-state index contributed by atoms with van der Waals surface area (Å²) in [6.45, 7) is 4.49. The van der Waals surface area contributed by atoms with E-state index in [1.807, 2.05) is 0 Å². The minimum atomic E-state index is 0.0876. The zero-order valence-electron chi connectivity index (χ0n) is 12.2. The summed E-state index contributed by atoms with van der Waals surface area (Å²) < 4.78 is 5.66. The third kappa shape index (κ3) is 3.78. The molecule has 1 saturated carbocycles. The molecule has 1 aromatic rings. The molecule has 106 valence electrons. The lowest BCUT2D eigenvalue weighted by Crippen LogP contribution is -2.38. The Morgan fingerprint density at radius 3 is 2.63 bits per heavy atom. The van der Waals surface area contributed by atoms with Gasteiger partial charge in [0.15, 0.2) is 0 Å². The number of nitrogens with one attached hydrogen (secondary N) is 1. The average Bonchev–Trinajstić information content (AvgIpc) is 3.19. The summed E-state index contributed by atoms with van der Waals surface area (Å²) in [6.07, 6.45) is 3.79. The summed E-state index contributed by atoms with van der Waals surface area (Å²) in [5.74, 6) is 7.09. The molecule has 3 heteroatoms. The first-order chi connectivity index (χ1) is 9.15. The standard InChI is InChI=1S/C16H26N2O/c1-11(2)9-12-5-4-6-14(10-12)15(18-17)16(19-3)13-7-8-13/h4-6,10-11,13,15-16,18H,7-9,17H2,1-3H3. The largest absolute Gasteiger partial charge is 0.379 e. The number of rotatable bonds is 7. The molecule has 0 radical (unpaired) electrons. The Morgan fingerprint density at radius 1 is 1.37 bits per heavy atom. The number of ether oxygens (including phenoxy) is 1. The van der Waals surface area contributed by atoms with Gasteiger partial charge in [0.05, 0.1) is 12.1 Å². The van der Waals surface area contributed by atoms with Crippen molar-refractivity contribution in [1.29, 1.82) is 0 Å². The molecule has 0 spiro atoms. The van der Waals surface area contributed by atoms with Gasteiger partial charge in [0.1, 0.15) is 0 Å². The first-order valence-corrected chi connectivity index (χ1v) is 7.23. The van der Waals surface area contributed by atoms with Gasteiger partial charge in [-0.15, -0.1) is 0 Å². The SMILES string of the molecule is COC(C1CC1)C(NN)c1cccc(CC(C)C)c1. The summed E-state index contributed by atoms with van der Waals surface area (Å²) in [6, 6.07) is 8.80. The Bertz CT molecular complexity index is 401.